The lowest BCUT2D eigenvalue weighted by molar-refractivity contribution is 0.0521. The van der Waals surface area contributed by atoms with Crippen molar-refractivity contribution in [3.8, 4) is 10.4 Å². The fraction of sp³-hybridized carbons (Fsp3) is 0.200. The average molecular weight is 271 g/mol. The van der Waals surface area contributed by atoms with E-state index < -0.39 is 0 Å². The number of nitrogens with one attached hydrogen (secondary N) is 1. The van der Waals surface area contributed by atoms with E-state index in [1.54, 1.807) is 18.3 Å². The highest BCUT2D eigenvalue weighted by molar-refractivity contribution is 7.73. The van der Waals surface area contributed by atoms with Gasteiger partial charge in [0, 0.05) is 5.56 Å². The highest BCUT2D eigenvalue weighted by Crippen LogP contribution is 2.30. The molecule has 0 saturated carbocycles. The van der Waals surface area contributed by atoms with Crippen LogP contribution >= 0.6 is 34.9 Å². The molecule has 0 unspecified atom stereocenters. The maximum absolute atomic E-state index is 11.7. The van der Waals surface area contributed by atoms with Crippen LogP contribution in [0.2, 0.25) is 0 Å². The summed E-state index contributed by atoms with van der Waals surface area (Å²) >= 11 is 8.03. The molecular weight excluding hydrogens is 262 g/mol. The number of carbonyl (C=O) groups excluding carboxylic acids is 1. The molecule has 0 saturated heterocycles. The van der Waals surface area contributed by atoms with Crippen LogP contribution in [0.3, 0.4) is 0 Å². The first-order valence-electron chi connectivity index (χ1n) is 4.65. The van der Waals surface area contributed by atoms with Gasteiger partial charge in [-0.05, 0) is 36.0 Å². The Morgan fingerprint density at radius 1 is 1.62 bits per heavy atom. The summed E-state index contributed by atoms with van der Waals surface area (Å²) in [6.45, 7) is 2.14. The third kappa shape index (κ3) is 2.23. The number of esters is 1. The Kier molecular flexibility index (Phi) is 3.52. The molecule has 0 spiro atoms. The van der Waals surface area contributed by atoms with E-state index in [1.165, 1.54) is 11.3 Å². The lowest BCUT2D eigenvalue weighted by atomic mass is 10.2. The van der Waals surface area contributed by atoms with Gasteiger partial charge in [-0.3, -0.25) is 0 Å². The first kappa shape index (κ1) is 11.5. The van der Waals surface area contributed by atoms with Gasteiger partial charge < -0.3 is 9.72 Å². The second-order valence-electron chi connectivity index (χ2n) is 2.95. The lowest BCUT2D eigenvalue weighted by Crippen LogP contribution is -2.06. The predicted molar refractivity (Wildman–Crippen MR) is 68.8 cm³/mol. The molecule has 0 atom stereocenters. The van der Waals surface area contributed by atoms with Crippen molar-refractivity contribution < 1.29 is 9.53 Å². The fourth-order valence-corrected chi connectivity index (χ4v) is 3.17. The van der Waals surface area contributed by atoms with Crippen LogP contribution in [0.25, 0.3) is 10.4 Å². The zero-order chi connectivity index (χ0) is 11.5. The maximum atomic E-state index is 11.7. The quantitative estimate of drug-likeness (QED) is 0.683. The smallest absolute Gasteiger partial charge is 0.356 e. The van der Waals surface area contributed by atoms with Crippen molar-refractivity contribution in [2.75, 3.05) is 6.61 Å². The second kappa shape index (κ2) is 4.90. The monoisotopic (exact) mass is 271 g/mol. The van der Waals surface area contributed by atoms with E-state index in [1.807, 2.05) is 16.8 Å². The van der Waals surface area contributed by atoms with Gasteiger partial charge in [0.2, 0.25) is 0 Å². The van der Waals surface area contributed by atoms with E-state index in [-0.39, 0.29) is 5.97 Å². The molecule has 0 aromatic carbocycles. The van der Waals surface area contributed by atoms with Crippen molar-refractivity contribution >= 4 is 40.9 Å². The third-order valence-corrected chi connectivity index (χ3v) is 3.88. The molecule has 0 bridgehead atoms. The van der Waals surface area contributed by atoms with Gasteiger partial charge in [0.05, 0.1) is 11.5 Å². The largest absolute Gasteiger partial charge is 0.461 e. The van der Waals surface area contributed by atoms with Crippen LogP contribution in [0.15, 0.2) is 16.8 Å². The van der Waals surface area contributed by atoms with Crippen molar-refractivity contribution in [1.29, 1.82) is 0 Å². The van der Waals surface area contributed by atoms with E-state index >= 15 is 0 Å². The minimum atomic E-state index is -0.351. The Hall–Kier alpha value is -0.980. The number of thiophene rings is 1. The summed E-state index contributed by atoms with van der Waals surface area (Å²) in [6, 6.07) is 1.96. The molecule has 0 aliphatic heterocycles. The summed E-state index contributed by atoms with van der Waals surface area (Å²) in [4.78, 5) is 15.4. The van der Waals surface area contributed by atoms with Gasteiger partial charge in [0.15, 0.2) is 3.95 Å². The number of H-pyrrole nitrogens is 1. The number of hydrogen-bond acceptors (Lipinski definition) is 5. The average Bonchev–Trinajstić information content (AvgIpc) is 2.85. The molecule has 84 valence electrons. The van der Waals surface area contributed by atoms with Gasteiger partial charge in [0.1, 0.15) is 5.69 Å². The van der Waals surface area contributed by atoms with Crippen molar-refractivity contribution in [2.24, 2.45) is 0 Å². The number of hydrogen-bond donors (Lipinski definition) is 1. The molecule has 1 N–H and O–H groups in total. The summed E-state index contributed by atoms with van der Waals surface area (Å²) in [5, 5.41) is 3.95. The van der Waals surface area contributed by atoms with E-state index in [9.17, 15) is 4.79 Å². The number of ether oxygens (including phenoxy) is 1. The molecular formula is C10H9NO2S3. The molecule has 16 heavy (non-hydrogen) atoms. The Morgan fingerprint density at radius 2 is 2.44 bits per heavy atom. The van der Waals surface area contributed by atoms with Crippen LogP contribution in [0.4, 0.5) is 0 Å². The standard InChI is InChI=1S/C10H9NO2S3/c1-2-13-9(12)7-8(16-10(14)11-7)6-3-4-15-5-6/h3-5H,2H2,1H3,(H,11,14). The molecule has 0 radical (unpaired) electrons. The minimum absolute atomic E-state index is 0.351. The molecule has 2 heterocycles. The molecule has 2 rings (SSSR count). The van der Waals surface area contributed by atoms with Gasteiger partial charge in [-0.25, -0.2) is 4.79 Å². The molecule has 2 aromatic heterocycles. The van der Waals surface area contributed by atoms with Gasteiger partial charge in [0.25, 0.3) is 0 Å². The highest BCUT2D eigenvalue weighted by atomic mass is 32.1. The van der Waals surface area contributed by atoms with Crippen LogP contribution in [0.5, 0.6) is 0 Å². The Labute approximate surface area is 106 Å². The Morgan fingerprint density at radius 3 is 3.06 bits per heavy atom. The summed E-state index contributed by atoms with van der Waals surface area (Å²) in [7, 11) is 0. The molecule has 0 aliphatic carbocycles. The normalized spacial score (nSPS) is 10.3. The first-order chi connectivity index (χ1) is 7.72. The van der Waals surface area contributed by atoms with E-state index in [0.29, 0.717) is 16.3 Å². The minimum Gasteiger partial charge on any atom is -0.461 e. The number of thiazole rings is 1. The second-order valence-corrected chi connectivity index (χ2v) is 5.42. The number of rotatable bonds is 3. The van der Waals surface area contributed by atoms with Gasteiger partial charge >= 0.3 is 5.97 Å². The van der Waals surface area contributed by atoms with Crippen molar-refractivity contribution in [1.82, 2.24) is 4.98 Å². The van der Waals surface area contributed by atoms with Crippen LogP contribution in [0, 0.1) is 3.95 Å². The number of carbonyl (C=O) groups is 1. The van der Waals surface area contributed by atoms with Gasteiger partial charge in [-0.2, -0.15) is 11.3 Å². The summed E-state index contributed by atoms with van der Waals surface area (Å²) in [5.74, 6) is -0.351. The summed E-state index contributed by atoms with van der Waals surface area (Å²) < 4.78 is 5.56. The van der Waals surface area contributed by atoms with Crippen LogP contribution in [-0.4, -0.2) is 17.6 Å². The fourth-order valence-electron chi connectivity index (χ4n) is 1.27. The zero-order valence-electron chi connectivity index (χ0n) is 8.48. The van der Waals surface area contributed by atoms with Crippen LogP contribution < -0.4 is 0 Å². The molecule has 2 aromatic rings. The van der Waals surface area contributed by atoms with E-state index in [2.05, 4.69) is 4.98 Å². The number of aromatic nitrogens is 1. The molecule has 3 nitrogen and oxygen atoms in total. The van der Waals surface area contributed by atoms with Crippen LogP contribution in [0.1, 0.15) is 17.4 Å². The third-order valence-electron chi connectivity index (χ3n) is 1.91. The maximum Gasteiger partial charge on any atom is 0.356 e. The van der Waals surface area contributed by atoms with Crippen molar-refractivity contribution in [3.05, 3.63) is 26.5 Å². The molecule has 0 aliphatic rings. The van der Waals surface area contributed by atoms with Crippen molar-refractivity contribution in [3.63, 3.8) is 0 Å². The SMILES string of the molecule is CCOC(=O)c1[nH]c(=S)sc1-c1ccsc1. The first-order valence-corrected chi connectivity index (χ1v) is 6.82. The van der Waals surface area contributed by atoms with E-state index in [4.69, 9.17) is 17.0 Å². The molecule has 0 fully saturated rings. The lowest BCUT2D eigenvalue weighted by Gasteiger charge is -2.00. The van der Waals surface area contributed by atoms with E-state index in [0.717, 1.165) is 10.4 Å². The molecule has 0 amide bonds. The summed E-state index contributed by atoms with van der Waals surface area (Å²) in [5.41, 5.74) is 1.46. The predicted octanol–water partition coefficient (Wildman–Crippen LogP) is 3.71. The van der Waals surface area contributed by atoms with Crippen molar-refractivity contribution in [2.45, 2.75) is 6.92 Å². The Bertz CT molecular complexity index is 539. The Balaban J connectivity index is 2.46. The topological polar surface area (TPSA) is 42.1 Å². The number of aromatic amines is 1. The van der Waals surface area contributed by atoms with Crippen LogP contribution in [-0.2, 0) is 4.74 Å². The highest BCUT2D eigenvalue weighted by Gasteiger charge is 2.17. The van der Waals surface area contributed by atoms with Gasteiger partial charge in [-0.1, -0.05) is 0 Å². The zero-order valence-corrected chi connectivity index (χ0v) is 10.9. The van der Waals surface area contributed by atoms with Gasteiger partial charge in [-0.15, -0.1) is 11.3 Å². The summed E-state index contributed by atoms with van der Waals surface area (Å²) in [6.07, 6.45) is 0. The molecule has 6 heteroatoms.